The molecule has 4 rings (SSSR count). The van der Waals surface area contributed by atoms with Crippen molar-refractivity contribution in [1.82, 2.24) is 0 Å². The molecule has 0 fully saturated rings. The first-order valence-corrected chi connectivity index (χ1v) is 12.0. The normalized spacial score (nSPS) is 20.2. The lowest BCUT2D eigenvalue weighted by Gasteiger charge is -2.35. The van der Waals surface area contributed by atoms with E-state index in [9.17, 15) is 19.2 Å². The lowest BCUT2D eigenvalue weighted by atomic mass is 9.64. The van der Waals surface area contributed by atoms with Gasteiger partial charge in [-0.05, 0) is 51.0 Å². The number of carbonyl (C=O) groups excluding carboxylic acids is 4. The van der Waals surface area contributed by atoms with Gasteiger partial charge in [0, 0.05) is 12.1 Å². The lowest BCUT2D eigenvalue weighted by Crippen LogP contribution is -2.50. The molecule has 2 aliphatic rings. The Balaban J connectivity index is 2.15. The summed E-state index contributed by atoms with van der Waals surface area (Å²) in [6.07, 6.45) is 1.12. The summed E-state index contributed by atoms with van der Waals surface area (Å²) in [6, 6.07) is 12.1. The number of nitrogens with zero attached hydrogens (tertiary/aromatic N) is 2. The zero-order valence-electron chi connectivity index (χ0n) is 22.2. The van der Waals surface area contributed by atoms with Crippen LogP contribution in [0.1, 0.15) is 43.4 Å². The number of imide groups is 1. The summed E-state index contributed by atoms with van der Waals surface area (Å²) in [5.41, 5.74) is -0.515. The van der Waals surface area contributed by atoms with Crippen molar-refractivity contribution >= 4 is 35.4 Å². The molecule has 38 heavy (non-hydrogen) atoms. The summed E-state index contributed by atoms with van der Waals surface area (Å²) >= 11 is 0. The second-order valence-corrected chi connectivity index (χ2v) is 10.1. The van der Waals surface area contributed by atoms with Gasteiger partial charge in [0.2, 0.25) is 0 Å². The Morgan fingerprint density at radius 2 is 1.68 bits per heavy atom. The van der Waals surface area contributed by atoms with Gasteiger partial charge < -0.3 is 14.2 Å². The Labute approximate surface area is 221 Å². The van der Waals surface area contributed by atoms with Crippen molar-refractivity contribution in [3.05, 3.63) is 83.6 Å². The number of para-hydroxylation sites is 1. The number of ether oxygens (including phenoxy) is 3. The van der Waals surface area contributed by atoms with Crippen LogP contribution in [-0.2, 0) is 29.2 Å². The standard InChI is InChI=1S/C29H30N2O7/c1-8-19-18-11-9-10-12-22(18)30(26(34)37-7)16-21(24(32)36-6)29(19)20-15-17(2)13-14-23(20)31(25(29)33)27(35)38-28(3,4)5/h8-16,19H,1H2,2-7H3/t19-,29-/m0/s1. The molecule has 0 radical (unpaired) electrons. The highest BCUT2D eigenvalue weighted by Gasteiger charge is 2.63. The maximum Gasteiger partial charge on any atom is 0.421 e. The van der Waals surface area contributed by atoms with Gasteiger partial charge in [-0.15, -0.1) is 6.58 Å². The van der Waals surface area contributed by atoms with Gasteiger partial charge in [0.05, 0.1) is 31.2 Å². The highest BCUT2D eigenvalue weighted by Crippen LogP contribution is 2.57. The van der Waals surface area contributed by atoms with E-state index in [4.69, 9.17) is 14.2 Å². The number of rotatable bonds is 2. The van der Waals surface area contributed by atoms with Gasteiger partial charge in [0.25, 0.3) is 5.91 Å². The Kier molecular flexibility index (Phi) is 6.65. The predicted molar refractivity (Wildman–Crippen MR) is 141 cm³/mol. The van der Waals surface area contributed by atoms with Crippen LogP contribution in [0.3, 0.4) is 0 Å². The minimum Gasteiger partial charge on any atom is -0.466 e. The minimum atomic E-state index is -1.81. The van der Waals surface area contributed by atoms with Gasteiger partial charge >= 0.3 is 18.2 Å². The molecule has 198 valence electrons. The van der Waals surface area contributed by atoms with Crippen LogP contribution in [0.15, 0.2) is 66.9 Å². The zero-order chi connectivity index (χ0) is 28.0. The topological polar surface area (TPSA) is 102 Å². The molecule has 9 heteroatoms. The second kappa shape index (κ2) is 9.48. The van der Waals surface area contributed by atoms with Crippen LogP contribution in [0.25, 0.3) is 0 Å². The fraction of sp³-hybridized carbons (Fsp3) is 0.310. The third-order valence-electron chi connectivity index (χ3n) is 6.63. The van der Waals surface area contributed by atoms with Crippen LogP contribution >= 0.6 is 0 Å². The number of aryl methyl sites for hydroxylation is 1. The van der Waals surface area contributed by atoms with Crippen molar-refractivity contribution in [2.45, 2.75) is 44.6 Å². The molecule has 2 heterocycles. The van der Waals surface area contributed by atoms with Crippen molar-refractivity contribution in [3.8, 4) is 0 Å². The van der Waals surface area contributed by atoms with E-state index >= 15 is 0 Å². The van der Waals surface area contributed by atoms with Gasteiger partial charge in [-0.2, -0.15) is 0 Å². The molecule has 2 atom stereocenters. The average molecular weight is 519 g/mol. The van der Waals surface area contributed by atoms with Crippen LogP contribution < -0.4 is 9.80 Å². The molecule has 2 aromatic carbocycles. The highest BCUT2D eigenvalue weighted by atomic mass is 16.6. The van der Waals surface area contributed by atoms with Crippen LogP contribution in [0.4, 0.5) is 21.0 Å². The van der Waals surface area contributed by atoms with Crippen molar-refractivity contribution in [2.75, 3.05) is 24.0 Å². The van der Waals surface area contributed by atoms with Crippen molar-refractivity contribution in [2.24, 2.45) is 0 Å². The average Bonchev–Trinajstić information content (AvgIpc) is 3.03. The maximum absolute atomic E-state index is 14.7. The number of hydrogen-bond acceptors (Lipinski definition) is 7. The second-order valence-electron chi connectivity index (χ2n) is 10.1. The van der Waals surface area contributed by atoms with Gasteiger partial charge in [-0.1, -0.05) is 42.0 Å². The fourth-order valence-corrected chi connectivity index (χ4v) is 5.16. The summed E-state index contributed by atoms with van der Waals surface area (Å²) in [5.74, 6) is -2.47. The van der Waals surface area contributed by atoms with E-state index in [1.54, 1.807) is 69.3 Å². The number of esters is 1. The quantitative estimate of drug-likeness (QED) is 0.309. The van der Waals surface area contributed by atoms with Crippen LogP contribution in [-0.4, -0.2) is 43.9 Å². The molecule has 0 saturated heterocycles. The Hall–Kier alpha value is -4.40. The molecule has 9 nitrogen and oxygen atoms in total. The summed E-state index contributed by atoms with van der Waals surface area (Å²) in [6.45, 7) is 10.9. The Morgan fingerprint density at radius 1 is 1.00 bits per heavy atom. The largest absolute Gasteiger partial charge is 0.466 e. The van der Waals surface area contributed by atoms with E-state index in [-0.39, 0.29) is 11.3 Å². The summed E-state index contributed by atoms with van der Waals surface area (Å²) in [7, 11) is 2.40. The summed E-state index contributed by atoms with van der Waals surface area (Å²) < 4.78 is 15.8. The highest BCUT2D eigenvalue weighted by molar-refractivity contribution is 6.26. The van der Waals surface area contributed by atoms with Crippen LogP contribution in [0, 0.1) is 6.92 Å². The first-order chi connectivity index (χ1) is 17.9. The van der Waals surface area contributed by atoms with E-state index in [2.05, 4.69) is 6.58 Å². The lowest BCUT2D eigenvalue weighted by molar-refractivity contribution is -0.138. The molecule has 1 spiro atoms. The van der Waals surface area contributed by atoms with Gasteiger partial charge in [0.1, 0.15) is 11.0 Å². The van der Waals surface area contributed by atoms with Crippen molar-refractivity contribution in [1.29, 1.82) is 0 Å². The molecular formula is C29H30N2O7. The van der Waals surface area contributed by atoms with E-state index in [1.165, 1.54) is 20.4 Å². The number of anilines is 2. The SMILES string of the molecule is C=C[C@H]1c2ccccc2N(C(=O)OC)C=C(C(=O)OC)[C@]12C(=O)N(C(=O)OC(C)(C)C)c1ccc(C)cc12. The third-order valence-corrected chi connectivity index (χ3v) is 6.63. The first-order valence-electron chi connectivity index (χ1n) is 12.0. The fourth-order valence-electron chi connectivity index (χ4n) is 5.16. The molecule has 0 unspecified atom stereocenters. The Morgan fingerprint density at radius 3 is 2.29 bits per heavy atom. The molecular weight excluding hydrogens is 488 g/mol. The number of hydrogen-bond donors (Lipinski definition) is 0. The van der Waals surface area contributed by atoms with E-state index < -0.39 is 41.0 Å². The number of benzene rings is 2. The smallest absolute Gasteiger partial charge is 0.421 e. The van der Waals surface area contributed by atoms with E-state index in [0.29, 0.717) is 16.8 Å². The summed E-state index contributed by atoms with van der Waals surface area (Å²) in [4.78, 5) is 56.7. The molecule has 2 aromatic rings. The van der Waals surface area contributed by atoms with Gasteiger partial charge in [-0.25, -0.2) is 19.3 Å². The predicted octanol–water partition coefficient (Wildman–Crippen LogP) is 5.13. The zero-order valence-corrected chi connectivity index (χ0v) is 22.2. The van der Waals surface area contributed by atoms with Gasteiger partial charge in [0.15, 0.2) is 0 Å². The van der Waals surface area contributed by atoms with E-state index in [0.717, 1.165) is 15.4 Å². The number of carbonyl (C=O) groups is 4. The molecule has 0 saturated carbocycles. The van der Waals surface area contributed by atoms with Crippen molar-refractivity contribution < 1.29 is 33.4 Å². The van der Waals surface area contributed by atoms with Crippen molar-refractivity contribution in [3.63, 3.8) is 0 Å². The Bertz CT molecular complexity index is 1390. The molecule has 0 bridgehead atoms. The molecule has 0 aliphatic carbocycles. The minimum absolute atomic E-state index is 0.158. The summed E-state index contributed by atoms with van der Waals surface area (Å²) in [5, 5.41) is 0. The first kappa shape index (κ1) is 26.7. The number of amides is 3. The van der Waals surface area contributed by atoms with Crippen LogP contribution in [0.5, 0.6) is 0 Å². The molecule has 0 N–H and O–H groups in total. The number of methoxy groups -OCH3 is 2. The van der Waals surface area contributed by atoms with Gasteiger partial charge in [-0.3, -0.25) is 9.69 Å². The maximum atomic E-state index is 14.7. The third kappa shape index (κ3) is 3.95. The molecule has 0 aromatic heterocycles. The number of fused-ring (bicyclic) bond motifs is 3. The number of allylic oxidation sites excluding steroid dienone is 1. The van der Waals surface area contributed by atoms with E-state index in [1.807, 2.05) is 6.92 Å². The molecule has 3 amide bonds. The van der Waals surface area contributed by atoms with Crippen LogP contribution in [0.2, 0.25) is 0 Å². The monoisotopic (exact) mass is 518 g/mol. The molecule has 2 aliphatic heterocycles.